The molecule has 0 aliphatic rings. The molecule has 0 unspecified atom stereocenters. The van der Waals surface area contributed by atoms with Crippen molar-refractivity contribution in [3.05, 3.63) is 40.8 Å². The molecular formula is C17H19FN2O3S2. The zero-order valence-electron chi connectivity index (χ0n) is 14.2. The fourth-order valence-corrected chi connectivity index (χ4v) is 3.64. The van der Waals surface area contributed by atoms with Crippen LogP contribution in [0.2, 0.25) is 0 Å². The topological polar surface area (TPSA) is 68.3 Å². The molecule has 2 rings (SSSR count). The molecule has 2 aromatic rings. The predicted molar refractivity (Wildman–Crippen MR) is 98.5 cm³/mol. The number of aryl methyl sites for hydroxylation is 1. The predicted octanol–water partition coefficient (Wildman–Crippen LogP) is 3.28. The molecule has 1 atom stereocenters. The number of nitrogens with one attached hydrogen (secondary N) is 1. The van der Waals surface area contributed by atoms with E-state index in [-0.39, 0.29) is 11.5 Å². The molecule has 134 valence electrons. The van der Waals surface area contributed by atoms with Crippen LogP contribution in [-0.2, 0) is 9.53 Å². The fraction of sp³-hybridized carbons (Fsp3) is 0.353. The van der Waals surface area contributed by atoms with Crippen molar-refractivity contribution in [2.45, 2.75) is 19.4 Å². The van der Waals surface area contributed by atoms with Crippen molar-refractivity contribution in [1.29, 1.82) is 0 Å². The van der Waals surface area contributed by atoms with Gasteiger partial charge < -0.3 is 10.1 Å². The first-order valence-electron chi connectivity index (χ1n) is 7.57. The minimum atomic E-state index is -0.743. The first-order chi connectivity index (χ1) is 12.0. The number of rotatable bonds is 7. The number of carbonyl (C=O) groups is 2. The third-order valence-corrected chi connectivity index (χ3v) is 5.10. The number of hydrogen-bond donors (Lipinski definition) is 1. The van der Waals surface area contributed by atoms with Gasteiger partial charge in [0.05, 0.1) is 17.0 Å². The second-order valence-electron chi connectivity index (χ2n) is 5.25. The third kappa shape index (κ3) is 5.02. The summed E-state index contributed by atoms with van der Waals surface area (Å²) >= 11 is 2.88. The standard InChI is InChI=1S/C17H19FN2O3S2/c1-10-19-14(15(25-10)11-5-4-6-12(18)9-11)16(21)20-13(7-8-24-3)17(22)23-2/h4-6,9,13H,7-8H2,1-3H3,(H,20,21)/t13-/m0/s1. The van der Waals surface area contributed by atoms with Crippen molar-refractivity contribution in [3.8, 4) is 10.4 Å². The summed E-state index contributed by atoms with van der Waals surface area (Å²) in [5, 5.41) is 3.36. The van der Waals surface area contributed by atoms with Gasteiger partial charge in [-0.1, -0.05) is 12.1 Å². The summed E-state index contributed by atoms with van der Waals surface area (Å²) in [6.45, 7) is 1.77. The maximum absolute atomic E-state index is 13.5. The highest BCUT2D eigenvalue weighted by molar-refractivity contribution is 7.98. The Balaban J connectivity index is 2.28. The van der Waals surface area contributed by atoms with E-state index in [1.807, 2.05) is 6.26 Å². The number of nitrogens with zero attached hydrogens (tertiary/aromatic N) is 1. The first-order valence-corrected chi connectivity index (χ1v) is 9.78. The number of hydrogen-bond acceptors (Lipinski definition) is 6. The fourth-order valence-electron chi connectivity index (χ4n) is 2.26. The molecule has 0 fully saturated rings. The minimum absolute atomic E-state index is 0.186. The summed E-state index contributed by atoms with van der Waals surface area (Å²) < 4.78 is 18.3. The lowest BCUT2D eigenvalue weighted by Gasteiger charge is -2.15. The zero-order chi connectivity index (χ0) is 18.4. The third-order valence-electron chi connectivity index (χ3n) is 3.44. The highest BCUT2D eigenvalue weighted by Gasteiger charge is 2.25. The summed E-state index contributed by atoms with van der Waals surface area (Å²) in [5.74, 6) is -0.656. The Labute approximate surface area is 154 Å². The van der Waals surface area contributed by atoms with Crippen molar-refractivity contribution >= 4 is 35.0 Å². The van der Waals surface area contributed by atoms with Gasteiger partial charge >= 0.3 is 5.97 Å². The van der Waals surface area contributed by atoms with Crippen LogP contribution in [0.15, 0.2) is 24.3 Å². The van der Waals surface area contributed by atoms with Crippen LogP contribution in [-0.4, -0.2) is 42.0 Å². The van der Waals surface area contributed by atoms with Crippen molar-refractivity contribution < 1.29 is 18.7 Å². The number of benzene rings is 1. The van der Waals surface area contributed by atoms with Gasteiger partial charge in [-0.3, -0.25) is 4.79 Å². The van der Waals surface area contributed by atoms with Crippen LogP contribution in [0, 0.1) is 12.7 Å². The maximum atomic E-state index is 13.5. The monoisotopic (exact) mass is 382 g/mol. The van der Waals surface area contributed by atoms with Gasteiger partial charge in [-0.25, -0.2) is 14.2 Å². The summed E-state index contributed by atoms with van der Waals surface area (Å²) in [6.07, 6.45) is 2.38. The number of halogens is 1. The average Bonchev–Trinajstić information content (AvgIpc) is 2.99. The summed E-state index contributed by atoms with van der Waals surface area (Å²) in [5.41, 5.74) is 0.764. The van der Waals surface area contributed by atoms with Crippen LogP contribution < -0.4 is 5.32 Å². The van der Waals surface area contributed by atoms with Crippen molar-refractivity contribution in [2.24, 2.45) is 0 Å². The molecule has 25 heavy (non-hydrogen) atoms. The highest BCUT2D eigenvalue weighted by atomic mass is 32.2. The van der Waals surface area contributed by atoms with Crippen LogP contribution >= 0.6 is 23.1 Å². The van der Waals surface area contributed by atoms with Crippen LogP contribution in [0.5, 0.6) is 0 Å². The molecule has 0 radical (unpaired) electrons. The lowest BCUT2D eigenvalue weighted by atomic mass is 10.1. The summed E-state index contributed by atoms with van der Waals surface area (Å²) in [4.78, 5) is 29.4. The highest BCUT2D eigenvalue weighted by Crippen LogP contribution is 2.30. The molecule has 1 aromatic heterocycles. The van der Waals surface area contributed by atoms with Crippen molar-refractivity contribution in [1.82, 2.24) is 10.3 Å². The number of carbonyl (C=O) groups excluding carboxylic acids is 2. The average molecular weight is 382 g/mol. The van der Waals surface area contributed by atoms with E-state index < -0.39 is 17.9 Å². The molecular weight excluding hydrogens is 363 g/mol. The van der Waals surface area contributed by atoms with E-state index in [1.54, 1.807) is 30.8 Å². The largest absolute Gasteiger partial charge is 0.467 e. The minimum Gasteiger partial charge on any atom is -0.467 e. The van der Waals surface area contributed by atoms with E-state index in [4.69, 9.17) is 4.74 Å². The number of esters is 1. The molecule has 0 saturated carbocycles. The zero-order valence-corrected chi connectivity index (χ0v) is 15.8. The van der Waals surface area contributed by atoms with Gasteiger partial charge in [-0.05, 0) is 43.0 Å². The van der Waals surface area contributed by atoms with Crippen LogP contribution in [0.1, 0.15) is 21.9 Å². The van der Waals surface area contributed by atoms with E-state index in [0.29, 0.717) is 27.6 Å². The normalized spacial score (nSPS) is 11.8. The Morgan fingerprint density at radius 1 is 1.44 bits per heavy atom. The Bertz CT molecular complexity index is 764. The number of methoxy groups -OCH3 is 1. The smallest absolute Gasteiger partial charge is 0.328 e. The lowest BCUT2D eigenvalue weighted by Crippen LogP contribution is -2.42. The van der Waals surface area contributed by atoms with E-state index in [2.05, 4.69) is 10.3 Å². The molecule has 0 spiro atoms. The molecule has 1 N–H and O–H groups in total. The number of aromatic nitrogens is 1. The Kier molecular flexibility index (Phi) is 6.95. The van der Waals surface area contributed by atoms with Gasteiger partial charge in [-0.15, -0.1) is 11.3 Å². The van der Waals surface area contributed by atoms with Crippen molar-refractivity contribution in [3.63, 3.8) is 0 Å². The lowest BCUT2D eigenvalue weighted by molar-refractivity contribution is -0.142. The summed E-state index contributed by atoms with van der Waals surface area (Å²) in [6, 6.07) is 5.25. The van der Waals surface area contributed by atoms with Gasteiger partial charge in [0.15, 0.2) is 0 Å². The molecule has 1 aromatic carbocycles. The Hall–Kier alpha value is -1.93. The first kappa shape index (κ1) is 19.4. The van der Waals surface area contributed by atoms with Crippen LogP contribution in [0.25, 0.3) is 10.4 Å². The molecule has 0 bridgehead atoms. The van der Waals surface area contributed by atoms with Crippen LogP contribution in [0.4, 0.5) is 4.39 Å². The van der Waals surface area contributed by atoms with E-state index >= 15 is 0 Å². The van der Waals surface area contributed by atoms with Gasteiger partial charge in [0.25, 0.3) is 5.91 Å². The van der Waals surface area contributed by atoms with E-state index in [0.717, 1.165) is 0 Å². The van der Waals surface area contributed by atoms with Gasteiger partial charge in [0.1, 0.15) is 17.6 Å². The number of thioether (sulfide) groups is 1. The molecule has 1 heterocycles. The van der Waals surface area contributed by atoms with E-state index in [1.165, 1.54) is 30.6 Å². The molecule has 8 heteroatoms. The van der Waals surface area contributed by atoms with E-state index in [9.17, 15) is 14.0 Å². The molecule has 1 amide bonds. The Morgan fingerprint density at radius 3 is 2.84 bits per heavy atom. The molecule has 5 nitrogen and oxygen atoms in total. The number of amides is 1. The molecule has 0 saturated heterocycles. The van der Waals surface area contributed by atoms with Gasteiger partial charge in [0.2, 0.25) is 0 Å². The van der Waals surface area contributed by atoms with Gasteiger partial charge in [0, 0.05) is 0 Å². The number of thiazole rings is 1. The molecule has 0 aliphatic carbocycles. The number of ether oxygens (including phenoxy) is 1. The second-order valence-corrected chi connectivity index (χ2v) is 7.44. The second kappa shape index (κ2) is 8.96. The maximum Gasteiger partial charge on any atom is 0.328 e. The summed E-state index contributed by atoms with van der Waals surface area (Å²) in [7, 11) is 1.28. The van der Waals surface area contributed by atoms with Crippen LogP contribution in [0.3, 0.4) is 0 Å². The van der Waals surface area contributed by atoms with Gasteiger partial charge in [-0.2, -0.15) is 11.8 Å². The SMILES string of the molecule is COC(=O)[C@H](CCSC)NC(=O)c1nc(C)sc1-c1cccc(F)c1. The van der Waals surface area contributed by atoms with Crippen molar-refractivity contribution in [2.75, 3.05) is 19.1 Å². The quantitative estimate of drug-likeness (QED) is 0.745. The Morgan fingerprint density at radius 2 is 2.20 bits per heavy atom. The molecule has 0 aliphatic heterocycles.